The molecule has 0 bridgehead atoms. The van der Waals surface area contributed by atoms with E-state index in [-0.39, 0.29) is 10.6 Å². The molecule has 0 unspecified atom stereocenters. The minimum Gasteiger partial charge on any atom is -0.382 e. The number of ether oxygens (including phenoxy) is 1. The smallest absolute Gasteiger partial charge is 0.271 e. The van der Waals surface area contributed by atoms with Gasteiger partial charge in [-0.15, -0.1) is 0 Å². The van der Waals surface area contributed by atoms with E-state index in [0.717, 1.165) is 76.9 Å². The number of hydrogen-bond acceptors (Lipinski definition) is 7. The minimum absolute atomic E-state index is 0.131. The van der Waals surface area contributed by atoms with E-state index in [1.54, 1.807) is 12.1 Å². The number of morpholine rings is 1. The second-order valence-corrected chi connectivity index (χ2v) is 6.63. The SMILES string of the molecule is CN1CCN(c2ccc([N+](=O)[O-])cc2NCCN2CCOCC2)CC1. The van der Waals surface area contributed by atoms with E-state index in [1.807, 2.05) is 6.07 Å². The fourth-order valence-corrected chi connectivity index (χ4v) is 3.28. The van der Waals surface area contributed by atoms with Crippen LogP contribution in [-0.2, 0) is 4.74 Å². The molecule has 25 heavy (non-hydrogen) atoms. The summed E-state index contributed by atoms with van der Waals surface area (Å²) >= 11 is 0. The van der Waals surface area contributed by atoms with E-state index < -0.39 is 0 Å². The van der Waals surface area contributed by atoms with Gasteiger partial charge in [0, 0.05) is 64.5 Å². The van der Waals surface area contributed by atoms with Gasteiger partial charge >= 0.3 is 0 Å². The van der Waals surface area contributed by atoms with Crippen molar-refractivity contribution in [1.29, 1.82) is 0 Å². The number of nitrogens with one attached hydrogen (secondary N) is 1. The van der Waals surface area contributed by atoms with Gasteiger partial charge in [-0.25, -0.2) is 0 Å². The molecule has 1 N–H and O–H groups in total. The van der Waals surface area contributed by atoms with Gasteiger partial charge in [-0.1, -0.05) is 0 Å². The Balaban J connectivity index is 1.67. The molecule has 0 atom stereocenters. The molecule has 2 heterocycles. The Morgan fingerprint density at radius 3 is 2.56 bits per heavy atom. The van der Waals surface area contributed by atoms with Crippen LogP contribution in [0.25, 0.3) is 0 Å². The van der Waals surface area contributed by atoms with Gasteiger partial charge in [-0.2, -0.15) is 0 Å². The summed E-state index contributed by atoms with van der Waals surface area (Å²) in [6.07, 6.45) is 0. The van der Waals surface area contributed by atoms with Crippen LogP contribution in [0.2, 0.25) is 0 Å². The lowest BCUT2D eigenvalue weighted by atomic mass is 10.2. The van der Waals surface area contributed by atoms with Crippen LogP contribution in [0, 0.1) is 10.1 Å². The topological polar surface area (TPSA) is 74.1 Å². The predicted molar refractivity (Wildman–Crippen MR) is 98.6 cm³/mol. The Hall–Kier alpha value is -1.90. The lowest BCUT2D eigenvalue weighted by Gasteiger charge is -2.35. The summed E-state index contributed by atoms with van der Waals surface area (Å²) in [5.74, 6) is 0. The van der Waals surface area contributed by atoms with Crippen molar-refractivity contribution in [3.05, 3.63) is 28.3 Å². The first-order valence-electron chi connectivity index (χ1n) is 8.89. The molecule has 0 amide bonds. The van der Waals surface area contributed by atoms with Gasteiger partial charge in [0.05, 0.1) is 29.5 Å². The Labute approximate surface area is 148 Å². The predicted octanol–water partition coefficient (Wildman–Crippen LogP) is 1.09. The molecule has 2 aliphatic heterocycles. The maximum Gasteiger partial charge on any atom is 0.271 e. The standard InChI is InChI=1S/C17H27N5O3/c1-19-6-8-21(9-7-19)17-3-2-15(22(23)24)14-16(17)18-4-5-20-10-12-25-13-11-20/h2-3,14,18H,4-13H2,1H3. The first-order valence-corrected chi connectivity index (χ1v) is 8.89. The van der Waals surface area contributed by atoms with Crippen molar-refractivity contribution in [3.8, 4) is 0 Å². The van der Waals surface area contributed by atoms with Crippen LogP contribution in [0.3, 0.4) is 0 Å². The third-order valence-electron chi connectivity index (χ3n) is 4.88. The monoisotopic (exact) mass is 349 g/mol. The number of hydrogen-bond donors (Lipinski definition) is 1. The van der Waals surface area contributed by atoms with Gasteiger partial charge in [0.1, 0.15) is 0 Å². The van der Waals surface area contributed by atoms with Crippen molar-refractivity contribution >= 4 is 17.1 Å². The molecular formula is C17H27N5O3. The third-order valence-corrected chi connectivity index (χ3v) is 4.88. The number of benzene rings is 1. The van der Waals surface area contributed by atoms with Crippen LogP contribution in [0.1, 0.15) is 0 Å². The number of anilines is 2. The van der Waals surface area contributed by atoms with Crippen LogP contribution >= 0.6 is 0 Å². The second kappa shape index (κ2) is 8.46. The zero-order chi connectivity index (χ0) is 17.6. The molecule has 1 aromatic rings. The maximum absolute atomic E-state index is 11.1. The molecule has 2 aliphatic rings. The number of non-ortho nitro benzene ring substituents is 1. The Bertz CT molecular complexity index is 584. The number of nitro groups is 1. The number of piperazine rings is 1. The summed E-state index contributed by atoms with van der Waals surface area (Å²) in [6, 6.07) is 5.13. The molecule has 0 spiro atoms. The molecule has 1 aromatic carbocycles. The van der Waals surface area contributed by atoms with Gasteiger partial charge in [0.2, 0.25) is 0 Å². The van der Waals surface area contributed by atoms with Crippen LogP contribution in [0.4, 0.5) is 17.1 Å². The Morgan fingerprint density at radius 2 is 1.88 bits per heavy atom. The van der Waals surface area contributed by atoms with Gasteiger partial charge in [0.15, 0.2) is 0 Å². The minimum atomic E-state index is -0.332. The number of nitrogens with zero attached hydrogens (tertiary/aromatic N) is 4. The largest absolute Gasteiger partial charge is 0.382 e. The summed E-state index contributed by atoms with van der Waals surface area (Å²) < 4.78 is 5.37. The van der Waals surface area contributed by atoms with E-state index >= 15 is 0 Å². The molecule has 138 valence electrons. The van der Waals surface area contributed by atoms with Crippen molar-refractivity contribution in [2.45, 2.75) is 0 Å². The van der Waals surface area contributed by atoms with Crippen LogP contribution < -0.4 is 10.2 Å². The third kappa shape index (κ3) is 4.81. The molecule has 8 nitrogen and oxygen atoms in total. The van der Waals surface area contributed by atoms with Crippen molar-refractivity contribution < 1.29 is 9.66 Å². The highest BCUT2D eigenvalue weighted by atomic mass is 16.6. The van der Waals surface area contributed by atoms with Gasteiger partial charge in [-0.05, 0) is 13.1 Å². The van der Waals surface area contributed by atoms with Crippen LogP contribution in [-0.4, -0.2) is 87.3 Å². The molecule has 0 radical (unpaired) electrons. The van der Waals surface area contributed by atoms with Crippen molar-refractivity contribution in [1.82, 2.24) is 9.80 Å². The van der Waals surface area contributed by atoms with Gasteiger partial charge in [0.25, 0.3) is 5.69 Å². The molecular weight excluding hydrogens is 322 g/mol. The number of rotatable bonds is 6. The molecule has 3 rings (SSSR count). The lowest BCUT2D eigenvalue weighted by Crippen LogP contribution is -2.44. The molecule has 2 saturated heterocycles. The first kappa shape index (κ1) is 17.9. The summed E-state index contributed by atoms with van der Waals surface area (Å²) in [7, 11) is 2.12. The van der Waals surface area contributed by atoms with E-state index in [9.17, 15) is 10.1 Å². The van der Waals surface area contributed by atoms with Crippen molar-refractivity contribution in [2.24, 2.45) is 0 Å². The zero-order valence-electron chi connectivity index (χ0n) is 14.8. The summed E-state index contributed by atoms with van der Waals surface area (Å²) in [4.78, 5) is 17.8. The average molecular weight is 349 g/mol. The average Bonchev–Trinajstić information content (AvgIpc) is 2.63. The number of likely N-dealkylation sites (N-methyl/N-ethyl adjacent to an activating group) is 1. The Kier molecular flexibility index (Phi) is 6.06. The summed E-state index contributed by atoms with van der Waals surface area (Å²) in [5.41, 5.74) is 2.04. The van der Waals surface area contributed by atoms with Crippen LogP contribution in [0.5, 0.6) is 0 Å². The van der Waals surface area contributed by atoms with E-state index in [0.29, 0.717) is 0 Å². The summed E-state index contributed by atoms with van der Waals surface area (Å²) in [5, 5.41) is 14.6. The fourth-order valence-electron chi connectivity index (χ4n) is 3.28. The van der Waals surface area contributed by atoms with Crippen molar-refractivity contribution in [2.75, 3.05) is 82.8 Å². The van der Waals surface area contributed by atoms with Gasteiger partial charge in [-0.3, -0.25) is 15.0 Å². The normalized spacial score (nSPS) is 19.8. The second-order valence-electron chi connectivity index (χ2n) is 6.63. The van der Waals surface area contributed by atoms with Crippen molar-refractivity contribution in [3.63, 3.8) is 0 Å². The first-order chi connectivity index (χ1) is 12.1. The highest BCUT2D eigenvalue weighted by Gasteiger charge is 2.19. The van der Waals surface area contributed by atoms with Crippen LogP contribution in [0.15, 0.2) is 18.2 Å². The lowest BCUT2D eigenvalue weighted by molar-refractivity contribution is -0.384. The molecule has 0 saturated carbocycles. The molecule has 0 aromatic heterocycles. The highest BCUT2D eigenvalue weighted by Crippen LogP contribution is 2.30. The van der Waals surface area contributed by atoms with E-state index in [2.05, 4.69) is 27.1 Å². The summed E-state index contributed by atoms with van der Waals surface area (Å²) in [6.45, 7) is 9.01. The Morgan fingerprint density at radius 1 is 1.16 bits per heavy atom. The maximum atomic E-state index is 11.1. The molecule has 2 fully saturated rings. The quantitative estimate of drug-likeness (QED) is 0.609. The van der Waals surface area contributed by atoms with E-state index in [1.165, 1.54) is 0 Å². The fraction of sp³-hybridized carbons (Fsp3) is 0.647. The van der Waals surface area contributed by atoms with E-state index in [4.69, 9.17) is 4.74 Å². The number of nitro benzene ring substituents is 1. The highest BCUT2D eigenvalue weighted by molar-refractivity contribution is 5.73. The zero-order valence-corrected chi connectivity index (χ0v) is 14.8. The molecule has 0 aliphatic carbocycles. The van der Waals surface area contributed by atoms with Gasteiger partial charge < -0.3 is 19.9 Å². The molecule has 8 heteroatoms.